The Labute approximate surface area is 83.5 Å². The van der Waals surface area contributed by atoms with Crippen LogP contribution in [0.3, 0.4) is 0 Å². The molecule has 0 spiro atoms. The third-order valence-electron chi connectivity index (χ3n) is 2.33. The first-order valence-electron chi connectivity index (χ1n) is 4.57. The molecule has 0 aliphatic carbocycles. The van der Waals surface area contributed by atoms with Crippen molar-refractivity contribution < 1.29 is 0 Å². The molecule has 0 aromatic carbocycles. The maximum absolute atomic E-state index is 5.69. The molecule has 0 N–H and O–H groups in total. The van der Waals surface area contributed by atoms with E-state index in [9.17, 15) is 0 Å². The second-order valence-corrected chi connectivity index (χ2v) is 4.18. The number of pyridine rings is 1. The lowest BCUT2D eigenvalue weighted by Crippen LogP contribution is -2.44. The zero-order valence-corrected chi connectivity index (χ0v) is 8.46. The maximum Gasteiger partial charge on any atom is 0.129 e. The molecule has 0 unspecified atom stereocenters. The number of likely N-dealkylation sites (tertiary alicyclic amines) is 1. The first-order chi connectivity index (χ1) is 6.24. The summed E-state index contributed by atoms with van der Waals surface area (Å²) in [7, 11) is 0. The minimum absolute atomic E-state index is 0.570. The van der Waals surface area contributed by atoms with Gasteiger partial charge in [0.2, 0.25) is 0 Å². The second-order valence-electron chi connectivity index (χ2n) is 3.79. The van der Waals surface area contributed by atoms with E-state index in [1.807, 2.05) is 18.3 Å². The number of rotatable bonds is 2. The van der Waals surface area contributed by atoms with Crippen LogP contribution in [-0.2, 0) is 6.54 Å². The zero-order chi connectivity index (χ0) is 9.26. The lowest BCUT2D eigenvalue weighted by molar-refractivity contribution is 0.105. The van der Waals surface area contributed by atoms with Gasteiger partial charge in [-0.15, -0.1) is 0 Å². The fraction of sp³-hybridized carbons (Fsp3) is 0.500. The fourth-order valence-corrected chi connectivity index (χ4v) is 1.83. The Kier molecular flexibility index (Phi) is 2.51. The molecule has 0 bridgehead atoms. The van der Waals surface area contributed by atoms with Gasteiger partial charge >= 0.3 is 0 Å². The summed E-state index contributed by atoms with van der Waals surface area (Å²) in [4.78, 5) is 6.46. The summed E-state index contributed by atoms with van der Waals surface area (Å²) in [6.45, 7) is 5.70. The number of nitrogens with zero attached hydrogens (tertiary/aromatic N) is 2. The molecule has 3 heteroatoms. The van der Waals surface area contributed by atoms with Gasteiger partial charge in [0.1, 0.15) is 5.15 Å². The van der Waals surface area contributed by atoms with Gasteiger partial charge in [0.05, 0.1) is 0 Å². The summed E-state index contributed by atoms with van der Waals surface area (Å²) < 4.78 is 0. The zero-order valence-electron chi connectivity index (χ0n) is 7.70. The summed E-state index contributed by atoms with van der Waals surface area (Å²) in [6.07, 6.45) is 1.85. The van der Waals surface area contributed by atoms with E-state index in [1.165, 1.54) is 18.7 Å². The van der Waals surface area contributed by atoms with Crippen LogP contribution >= 0.6 is 11.6 Å². The Morgan fingerprint density at radius 1 is 1.54 bits per heavy atom. The van der Waals surface area contributed by atoms with Gasteiger partial charge in [0, 0.05) is 25.8 Å². The van der Waals surface area contributed by atoms with Crippen molar-refractivity contribution in [2.24, 2.45) is 5.92 Å². The molecule has 1 aromatic rings. The first kappa shape index (κ1) is 8.97. The van der Waals surface area contributed by atoms with E-state index >= 15 is 0 Å². The SMILES string of the molecule is CC1CN(Cc2ccc(Cl)nc2)C1. The van der Waals surface area contributed by atoms with Gasteiger partial charge in [-0.1, -0.05) is 24.6 Å². The smallest absolute Gasteiger partial charge is 0.129 e. The van der Waals surface area contributed by atoms with Crippen LogP contribution in [0, 0.1) is 5.92 Å². The van der Waals surface area contributed by atoms with E-state index in [0.717, 1.165) is 12.5 Å². The predicted octanol–water partition coefficient (Wildman–Crippen LogP) is 2.19. The lowest BCUT2D eigenvalue weighted by atomic mass is 10.0. The van der Waals surface area contributed by atoms with Crippen molar-refractivity contribution >= 4 is 11.6 Å². The van der Waals surface area contributed by atoms with Crippen molar-refractivity contribution in [3.05, 3.63) is 29.0 Å². The molecule has 1 saturated heterocycles. The molecule has 2 rings (SSSR count). The fourth-order valence-electron chi connectivity index (χ4n) is 1.72. The van der Waals surface area contributed by atoms with Gasteiger partial charge in [-0.3, -0.25) is 4.90 Å². The van der Waals surface area contributed by atoms with Crippen molar-refractivity contribution in [1.29, 1.82) is 0 Å². The molecule has 1 fully saturated rings. The van der Waals surface area contributed by atoms with Crippen LogP contribution in [-0.4, -0.2) is 23.0 Å². The highest BCUT2D eigenvalue weighted by atomic mass is 35.5. The number of halogens is 1. The van der Waals surface area contributed by atoms with Crippen LogP contribution < -0.4 is 0 Å². The van der Waals surface area contributed by atoms with E-state index in [-0.39, 0.29) is 0 Å². The van der Waals surface area contributed by atoms with Crippen LogP contribution in [0.1, 0.15) is 12.5 Å². The third-order valence-corrected chi connectivity index (χ3v) is 2.56. The Morgan fingerprint density at radius 3 is 2.85 bits per heavy atom. The van der Waals surface area contributed by atoms with Crippen molar-refractivity contribution in [1.82, 2.24) is 9.88 Å². The van der Waals surface area contributed by atoms with Gasteiger partial charge < -0.3 is 0 Å². The molecule has 2 nitrogen and oxygen atoms in total. The van der Waals surface area contributed by atoms with Gasteiger partial charge in [-0.25, -0.2) is 4.98 Å². The largest absolute Gasteiger partial charge is 0.298 e. The van der Waals surface area contributed by atoms with E-state index in [4.69, 9.17) is 11.6 Å². The maximum atomic E-state index is 5.69. The number of hydrogen-bond acceptors (Lipinski definition) is 2. The Morgan fingerprint density at radius 2 is 2.31 bits per heavy atom. The molecule has 2 heterocycles. The van der Waals surface area contributed by atoms with Crippen LogP contribution in [0.25, 0.3) is 0 Å². The number of aromatic nitrogens is 1. The average molecular weight is 197 g/mol. The highest BCUT2D eigenvalue weighted by Crippen LogP contribution is 2.17. The van der Waals surface area contributed by atoms with Gasteiger partial charge in [0.15, 0.2) is 0 Å². The molecule has 0 atom stereocenters. The van der Waals surface area contributed by atoms with Gasteiger partial charge in [-0.05, 0) is 17.5 Å². The summed E-state index contributed by atoms with van der Waals surface area (Å²) >= 11 is 5.69. The molecule has 70 valence electrons. The molecule has 1 aromatic heterocycles. The van der Waals surface area contributed by atoms with Gasteiger partial charge in [0.25, 0.3) is 0 Å². The Bertz CT molecular complexity index is 277. The molecule has 0 amide bonds. The third kappa shape index (κ3) is 2.20. The monoisotopic (exact) mass is 196 g/mol. The van der Waals surface area contributed by atoms with Crippen molar-refractivity contribution in [3.63, 3.8) is 0 Å². The molecule has 13 heavy (non-hydrogen) atoms. The molecule has 1 aliphatic rings. The average Bonchev–Trinajstić information content (AvgIpc) is 2.06. The van der Waals surface area contributed by atoms with Gasteiger partial charge in [-0.2, -0.15) is 0 Å². The molecule has 0 saturated carbocycles. The van der Waals surface area contributed by atoms with Crippen LogP contribution in [0.4, 0.5) is 0 Å². The van der Waals surface area contributed by atoms with E-state index in [0.29, 0.717) is 5.15 Å². The minimum Gasteiger partial charge on any atom is -0.298 e. The van der Waals surface area contributed by atoms with Crippen LogP contribution in [0.15, 0.2) is 18.3 Å². The predicted molar refractivity (Wildman–Crippen MR) is 53.7 cm³/mol. The highest BCUT2D eigenvalue weighted by molar-refractivity contribution is 6.29. The lowest BCUT2D eigenvalue weighted by Gasteiger charge is -2.37. The summed E-state index contributed by atoms with van der Waals surface area (Å²) in [5, 5.41) is 0.570. The normalized spacial score (nSPS) is 18.6. The van der Waals surface area contributed by atoms with Crippen molar-refractivity contribution in [3.8, 4) is 0 Å². The van der Waals surface area contributed by atoms with E-state index in [2.05, 4.69) is 16.8 Å². The molecular formula is C10H13ClN2. The quantitative estimate of drug-likeness (QED) is 0.675. The summed E-state index contributed by atoms with van der Waals surface area (Å²) in [5.74, 6) is 0.861. The first-order valence-corrected chi connectivity index (χ1v) is 4.94. The highest BCUT2D eigenvalue weighted by Gasteiger charge is 2.21. The molecular weight excluding hydrogens is 184 g/mol. The van der Waals surface area contributed by atoms with Crippen LogP contribution in [0.2, 0.25) is 5.15 Å². The summed E-state index contributed by atoms with van der Waals surface area (Å²) in [5.41, 5.74) is 1.25. The van der Waals surface area contributed by atoms with Crippen molar-refractivity contribution in [2.45, 2.75) is 13.5 Å². The van der Waals surface area contributed by atoms with Crippen molar-refractivity contribution in [2.75, 3.05) is 13.1 Å². The Balaban J connectivity index is 1.91. The summed E-state index contributed by atoms with van der Waals surface area (Å²) in [6, 6.07) is 3.89. The molecule has 0 radical (unpaired) electrons. The number of hydrogen-bond donors (Lipinski definition) is 0. The second kappa shape index (κ2) is 3.64. The topological polar surface area (TPSA) is 16.1 Å². The standard InChI is InChI=1S/C10H13ClN2/c1-8-5-13(6-8)7-9-2-3-10(11)12-4-9/h2-4,8H,5-7H2,1H3. The van der Waals surface area contributed by atoms with E-state index < -0.39 is 0 Å². The van der Waals surface area contributed by atoms with E-state index in [1.54, 1.807) is 0 Å². The van der Waals surface area contributed by atoms with Crippen LogP contribution in [0.5, 0.6) is 0 Å². The molecule has 1 aliphatic heterocycles. The minimum atomic E-state index is 0.570. The Hall–Kier alpha value is -0.600.